The highest BCUT2D eigenvalue weighted by Crippen LogP contribution is 2.27. The van der Waals surface area contributed by atoms with Crippen molar-refractivity contribution in [3.05, 3.63) is 53.6 Å². The molecule has 1 N–H and O–H groups in total. The normalized spacial score (nSPS) is 10.2. The van der Waals surface area contributed by atoms with Gasteiger partial charge in [0, 0.05) is 0 Å². The lowest BCUT2D eigenvalue weighted by Gasteiger charge is -2.08. The first-order chi connectivity index (χ1) is 11.6. The minimum absolute atomic E-state index is 0.0656. The molecule has 7 nitrogen and oxygen atoms in total. The highest BCUT2D eigenvalue weighted by Gasteiger charge is 2.04. The number of nitrogens with zero attached hydrogens (tertiary/aromatic N) is 2. The molecular weight excluding hydrogens is 310 g/mol. The van der Waals surface area contributed by atoms with Crippen LogP contribution in [0, 0.1) is 11.3 Å². The lowest BCUT2D eigenvalue weighted by atomic mass is 10.2. The molecule has 24 heavy (non-hydrogen) atoms. The molecule has 0 aromatic heterocycles. The number of anilines is 1. The van der Waals surface area contributed by atoms with E-state index in [1.807, 2.05) is 6.07 Å². The van der Waals surface area contributed by atoms with Crippen LogP contribution in [-0.2, 0) is 0 Å². The van der Waals surface area contributed by atoms with E-state index >= 15 is 0 Å². The number of aromatic carboxylic acids is 1. The smallest absolute Gasteiger partial charge is 0.174 e. The number of rotatable bonds is 7. The largest absolute Gasteiger partial charge is 0.545 e. The third-order valence-electron chi connectivity index (χ3n) is 2.99. The Kier molecular flexibility index (Phi) is 5.75. The van der Waals surface area contributed by atoms with Crippen LogP contribution in [0.2, 0.25) is 0 Å². The fraction of sp³-hybridized carbons (Fsp3) is 0.118. The van der Waals surface area contributed by atoms with Crippen molar-refractivity contribution in [2.45, 2.75) is 0 Å². The average molecular weight is 324 g/mol. The van der Waals surface area contributed by atoms with Crippen molar-refractivity contribution in [1.82, 2.24) is 0 Å². The van der Waals surface area contributed by atoms with Crippen LogP contribution in [0.3, 0.4) is 0 Å². The first-order valence-electron chi connectivity index (χ1n) is 6.92. The Morgan fingerprint density at radius 3 is 2.88 bits per heavy atom. The predicted octanol–water partition coefficient (Wildman–Crippen LogP) is 1.41. The maximum atomic E-state index is 10.8. The van der Waals surface area contributed by atoms with Crippen LogP contribution in [0.1, 0.15) is 15.9 Å². The second-order valence-electron chi connectivity index (χ2n) is 4.60. The number of carbonyl (C=O) groups excluding carboxylic acids is 1. The van der Waals surface area contributed by atoms with Crippen LogP contribution >= 0.6 is 0 Å². The maximum Gasteiger partial charge on any atom is 0.174 e. The van der Waals surface area contributed by atoms with Gasteiger partial charge in [-0.05, 0) is 41.5 Å². The number of hydrogen-bond donors (Lipinski definition) is 1. The molecule has 0 aliphatic rings. The number of nitrogens with one attached hydrogen (secondary N) is 1. The zero-order chi connectivity index (χ0) is 17.4. The molecule has 2 rings (SSSR count). The van der Waals surface area contributed by atoms with Crippen molar-refractivity contribution < 1.29 is 19.4 Å². The van der Waals surface area contributed by atoms with Gasteiger partial charge in [-0.2, -0.15) is 10.4 Å². The molecule has 0 unspecified atom stereocenters. The summed E-state index contributed by atoms with van der Waals surface area (Å²) >= 11 is 0. The van der Waals surface area contributed by atoms with Crippen molar-refractivity contribution in [1.29, 1.82) is 5.26 Å². The maximum absolute atomic E-state index is 10.8. The first kappa shape index (κ1) is 16.8. The second kappa shape index (κ2) is 8.19. The highest BCUT2D eigenvalue weighted by atomic mass is 16.5. The van der Waals surface area contributed by atoms with Gasteiger partial charge >= 0.3 is 0 Å². The van der Waals surface area contributed by atoms with Crippen LogP contribution in [-0.4, -0.2) is 25.9 Å². The van der Waals surface area contributed by atoms with Crippen LogP contribution in [0.15, 0.2) is 47.6 Å². The van der Waals surface area contributed by atoms with Crippen LogP contribution < -0.4 is 20.0 Å². The van der Waals surface area contributed by atoms with Crippen LogP contribution in [0.25, 0.3) is 0 Å². The van der Waals surface area contributed by atoms with Crippen molar-refractivity contribution in [2.24, 2.45) is 5.10 Å². The standard InChI is InChI=1S/C17H15N3O4/c1-23-16-9-12(5-6-15(16)24-8-7-18)11-19-20-14-4-2-3-13(10-14)17(21)22/h2-6,9-11,20H,8H2,1H3,(H,21,22)/p-1/b19-11-. The molecule has 2 aromatic rings. The molecule has 0 heterocycles. The Balaban J connectivity index is 2.08. The summed E-state index contributed by atoms with van der Waals surface area (Å²) in [6.45, 7) is -0.0693. The number of methoxy groups -OCH3 is 1. The zero-order valence-corrected chi connectivity index (χ0v) is 12.9. The molecule has 0 fully saturated rings. The molecule has 0 aliphatic heterocycles. The number of carbonyl (C=O) groups is 1. The Labute approximate surface area is 138 Å². The number of ether oxygens (including phenoxy) is 2. The molecule has 0 aliphatic carbocycles. The molecule has 2 aromatic carbocycles. The Morgan fingerprint density at radius 2 is 2.17 bits per heavy atom. The van der Waals surface area contributed by atoms with Crippen molar-refractivity contribution >= 4 is 17.9 Å². The van der Waals surface area contributed by atoms with E-state index in [2.05, 4.69) is 10.5 Å². The van der Waals surface area contributed by atoms with E-state index in [-0.39, 0.29) is 12.2 Å². The number of hydrazone groups is 1. The van der Waals surface area contributed by atoms with Gasteiger partial charge in [0.25, 0.3) is 0 Å². The lowest BCUT2D eigenvalue weighted by molar-refractivity contribution is -0.255. The molecule has 0 bridgehead atoms. The third kappa shape index (κ3) is 4.48. The number of benzene rings is 2. The molecule has 0 spiro atoms. The summed E-state index contributed by atoms with van der Waals surface area (Å²) in [5, 5.41) is 23.4. The summed E-state index contributed by atoms with van der Waals surface area (Å²) in [6.07, 6.45) is 1.54. The first-order valence-corrected chi connectivity index (χ1v) is 6.92. The van der Waals surface area contributed by atoms with Gasteiger partial charge in [0.2, 0.25) is 0 Å². The SMILES string of the molecule is COc1cc(/C=N\Nc2cccc(C(=O)[O-])c2)ccc1OCC#N. The van der Waals surface area contributed by atoms with Gasteiger partial charge in [0.15, 0.2) is 18.1 Å². The summed E-state index contributed by atoms with van der Waals surface area (Å²) < 4.78 is 10.4. The molecule has 0 radical (unpaired) electrons. The van der Waals surface area contributed by atoms with Gasteiger partial charge in [-0.1, -0.05) is 12.1 Å². The van der Waals surface area contributed by atoms with Gasteiger partial charge in [-0.15, -0.1) is 0 Å². The van der Waals surface area contributed by atoms with E-state index in [4.69, 9.17) is 14.7 Å². The van der Waals surface area contributed by atoms with Crippen LogP contribution in [0.5, 0.6) is 11.5 Å². The second-order valence-corrected chi connectivity index (χ2v) is 4.60. The lowest BCUT2D eigenvalue weighted by Crippen LogP contribution is -2.22. The van der Waals surface area contributed by atoms with E-state index < -0.39 is 5.97 Å². The van der Waals surface area contributed by atoms with Crippen LogP contribution in [0.4, 0.5) is 5.69 Å². The minimum atomic E-state index is -1.25. The summed E-state index contributed by atoms with van der Waals surface area (Å²) in [5.74, 6) is -0.306. The van der Waals surface area contributed by atoms with Gasteiger partial charge in [-0.3, -0.25) is 5.43 Å². The van der Waals surface area contributed by atoms with Crippen molar-refractivity contribution in [3.8, 4) is 17.6 Å². The third-order valence-corrected chi connectivity index (χ3v) is 2.99. The average Bonchev–Trinajstić information content (AvgIpc) is 2.60. The summed E-state index contributed by atoms with van der Waals surface area (Å²) in [4.78, 5) is 10.8. The molecule has 0 atom stereocenters. The molecule has 0 amide bonds. The fourth-order valence-electron chi connectivity index (χ4n) is 1.89. The zero-order valence-electron chi connectivity index (χ0n) is 12.9. The molecule has 0 saturated carbocycles. The minimum Gasteiger partial charge on any atom is -0.545 e. The van der Waals surface area contributed by atoms with E-state index in [0.717, 1.165) is 5.56 Å². The number of nitriles is 1. The Hall–Kier alpha value is -3.53. The molecule has 122 valence electrons. The number of carboxylic acids is 1. The predicted molar refractivity (Wildman–Crippen MR) is 86.1 cm³/mol. The Bertz CT molecular complexity index is 797. The number of hydrogen-bond acceptors (Lipinski definition) is 7. The molecular formula is C17H14N3O4-. The van der Waals surface area contributed by atoms with Gasteiger partial charge < -0.3 is 19.4 Å². The molecule has 0 saturated heterocycles. The van der Waals surface area contributed by atoms with E-state index in [0.29, 0.717) is 17.2 Å². The topological polar surface area (TPSA) is 107 Å². The fourth-order valence-corrected chi connectivity index (χ4v) is 1.89. The number of carboxylic acid groups (broad SMARTS) is 1. The van der Waals surface area contributed by atoms with Crippen molar-refractivity contribution in [3.63, 3.8) is 0 Å². The van der Waals surface area contributed by atoms with Gasteiger partial charge in [-0.25, -0.2) is 0 Å². The van der Waals surface area contributed by atoms with E-state index in [9.17, 15) is 9.90 Å². The van der Waals surface area contributed by atoms with Gasteiger partial charge in [0.1, 0.15) is 6.07 Å². The Morgan fingerprint density at radius 1 is 1.33 bits per heavy atom. The van der Waals surface area contributed by atoms with Crippen molar-refractivity contribution in [2.75, 3.05) is 19.1 Å². The quantitative estimate of drug-likeness (QED) is 0.609. The van der Waals surface area contributed by atoms with E-state index in [1.165, 1.54) is 19.2 Å². The summed E-state index contributed by atoms with van der Waals surface area (Å²) in [6, 6.07) is 13.1. The summed E-state index contributed by atoms with van der Waals surface area (Å²) in [7, 11) is 1.50. The highest BCUT2D eigenvalue weighted by molar-refractivity contribution is 5.87. The molecule has 7 heteroatoms. The van der Waals surface area contributed by atoms with E-state index in [1.54, 1.807) is 36.5 Å². The summed E-state index contributed by atoms with van der Waals surface area (Å²) in [5.41, 5.74) is 4.06. The monoisotopic (exact) mass is 324 g/mol. The van der Waals surface area contributed by atoms with Gasteiger partial charge in [0.05, 0.1) is 25.0 Å².